The van der Waals surface area contributed by atoms with Crippen molar-refractivity contribution in [2.45, 2.75) is 38.5 Å². The highest BCUT2D eigenvalue weighted by atomic mass is 16.5. The molecule has 2 aliphatic heterocycles. The molecule has 5 rings (SSSR count). The molecule has 33 heavy (non-hydrogen) atoms. The zero-order chi connectivity index (χ0) is 22.8. The van der Waals surface area contributed by atoms with Gasteiger partial charge < -0.3 is 14.5 Å². The van der Waals surface area contributed by atoms with E-state index in [0.717, 1.165) is 22.4 Å². The maximum absolute atomic E-state index is 13.3. The first kappa shape index (κ1) is 21.3. The number of ether oxygens (including phenoxy) is 1. The Hall–Kier alpha value is -3.60. The predicted molar refractivity (Wildman–Crippen MR) is 127 cm³/mol. The molecule has 2 aliphatic rings. The Morgan fingerprint density at radius 3 is 2.42 bits per heavy atom. The van der Waals surface area contributed by atoms with E-state index < -0.39 is 6.10 Å². The summed E-state index contributed by atoms with van der Waals surface area (Å²) in [4.78, 5) is 30.3. The van der Waals surface area contributed by atoms with Crippen LogP contribution in [0.5, 0.6) is 5.75 Å². The van der Waals surface area contributed by atoms with Crippen LogP contribution >= 0.6 is 0 Å². The van der Waals surface area contributed by atoms with Gasteiger partial charge in [-0.3, -0.25) is 9.59 Å². The maximum atomic E-state index is 13.3. The molecule has 0 aromatic heterocycles. The first-order chi connectivity index (χ1) is 16.1. The molecule has 2 heterocycles. The van der Waals surface area contributed by atoms with Crippen molar-refractivity contribution in [3.8, 4) is 5.75 Å². The third-order valence-corrected chi connectivity index (χ3v) is 6.54. The summed E-state index contributed by atoms with van der Waals surface area (Å²) in [5.74, 6) is 0.639. The number of rotatable bonds is 5. The number of para-hydroxylation sites is 1. The summed E-state index contributed by atoms with van der Waals surface area (Å²) in [7, 11) is 0. The molecule has 0 radical (unpaired) electrons. The average Bonchev–Trinajstić information content (AvgIpc) is 3.27. The van der Waals surface area contributed by atoms with Gasteiger partial charge in [-0.15, -0.1) is 0 Å². The van der Waals surface area contributed by atoms with Crippen molar-refractivity contribution in [1.82, 2.24) is 9.80 Å². The Morgan fingerprint density at radius 2 is 1.67 bits per heavy atom. The summed E-state index contributed by atoms with van der Waals surface area (Å²) in [5.41, 5.74) is 4.49. The second-order valence-corrected chi connectivity index (χ2v) is 8.99. The lowest BCUT2D eigenvalue weighted by atomic mass is 10.00. The minimum absolute atomic E-state index is 0.0217. The number of hydrogen-bond acceptors (Lipinski definition) is 3. The third kappa shape index (κ3) is 4.63. The lowest BCUT2D eigenvalue weighted by Crippen LogP contribution is -2.59. The smallest absolute Gasteiger partial charge is 0.264 e. The van der Waals surface area contributed by atoms with E-state index >= 15 is 0 Å². The molecule has 1 fully saturated rings. The second kappa shape index (κ2) is 9.10. The van der Waals surface area contributed by atoms with Crippen molar-refractivity contribution in [3.05, 3.63) is 101 Å². The fourth-order valence-corrected chi connectivity index (χ4v) is 4.73. The van der Waals surface area contributed by atoms with Crippen LogP contribution in [-0.2, 0) is 29.0 Å². The van der Waals surface area contributed by atoms with E-state index in [0.29, 0.717) is 25.9 Å². The topological polar surface area (TPSA) is 49.9 Å². The molecule has 5 heteroatoms. The largest absolute Gasteiger partial charge is 0.480 e. The quantitative estimate of drug-likeness (QED) is 0.607. The van der Waals surface area contributed by atoms with Crippen molar-refractivity contribution in [2.75, 3.05) is 13.1 Å². The highest BCUT2D eigenvalue weighted by Crippen LogP contribution is 2.30. The van der Waals surface area contributed by atoms with Crippen LogP contribution in [0.15, 0.2) is 78.9 Å². The standard InChI is InChI=1S/C28H28N2O3/c1-20-11-13-22(14-12-20)17-30-24(15-21-7-3-2-4-8-21)18-29(19-27(30)31)28(32)26-16-23-9-5-6-10-25(23)33-26/h2-14,24,26H,15-19H2,1H3/t24-,26?/m1/s1. The monoisotopic (exact) mass is 440 g/mol. The molecule has 0 saturated carbocycles. The number of carbonyl (C=O) groups is 2. The molecule has 0 N–H and O–H groups in total. The van der Waals surface area contributed by atoms with Crippen molar-refractivity contribution < 1.29 is 14.3 Å². The number of piperazine rings is 1. The van der Waals surface area contributed by atoms with Gasteiger partial charge in [0.2, 0.25) is 5.91 Å². The summed E-state index contributed by atoms with van der Waals surface area (Å²) in [6, 6.07) is 26.1. The van der Waals surface area contributed by atoms with E-state index in [9.17, 15) is 9.59 Å². The van der Waals surface area contributed by atoms with Gasteiger partial charge in [0, 0.05) is 19.5 Å². The van der Waals surface area contributed by atoms with E-state index in [4.69, 9.17) is 4.74 Å². The van der Waals surface area contributed by atoms with E-state index in [1.165, 1.54) is 5.56 Å². The molecule has 0 bridgehead atoms. The minimum Gasteiger partial charge on any atom is -0.480 e. The SMILES string of the molecule is Cc1ccc(CN2C(=O)CN(C(=O)C3Cc4ccccc4O3)C[C@H]2Cc2ccccc2)cc1. The van der Waals surface area contributed by atoms with Crippen LogP contribution < -0.4 is 4.74 Å². The molecule has 1 saturated heterocycles. The number of amides is 2. The van der Waals surface area contributed by atoms with Gasteiger partial charge in [0.1, 0.15) is 5.75 Å². The molecule has 0 aliphatic carbocycles. The Kier molecular flexibility index (Phi) is 5.86. The first-order valence-electron chi connectivity index (χ1n) is 11.5. The molecule has 3 aromatic rings. The fourth-order valence-electron chi connectivity index (χ4n) is 4.73. The molecular formula is C28H28N2O3. The van der Waals surface area contributed by atoms with Crippen LogP contribution in [0.1, 0.15) is 22.3 Å². The summed E-state index contributed by atoms with van der Waals surface area (Å²) in [6.45, 7) is 3.19. The number of hydrogen-bond donors (Lipinski definition) is 0. The predicted octanol–water partition coefficient (Wildman–Crippen LogP) is 3.78. The zero-order valence-corrected chi connectivity index (χ0v) is 18.8. The molecule has 3 aromatic carbocycles. The third-order valence-electron chi connectivity index (χ3n) is 6.54. The van der Waals surface area contributed by atoms with Gasteiger partial charge in [-0.2, -0.15) is 0 Å². The first-order valence-corrected chi connectivity index (χ1v) is 11.5. The summed E-state index contributed by atoms with van der Waals surface area (Å²) in [6.07, 6.45) is 0.695. The molecule has 5 nitrogen and oxygen atoms in total. The summed E-state index contributed by atoms with van der Waals surface area (Å²) < 4.78 is 5.93. The Morgan fingerprint density at radius 1 is 0.939 bits per heavy atom. The Balaban J connectivity index is 1.35. The lowest BCUT2D eigenvalue weighted by Gasteiger charge is -2.42. The summed E-state index contributed by atoms with van der Waals surface area (Å²) >= 11 is 0. The number of fused-ring (bicyclic) bond motifs is 1. The molecule has 2 atom stereocenters. The van der Waals surface area contributed by atoms with Crippen molar-refractivity contribution in [1.29, 1.82) is 0 Å². The van der Waals surface area contributed by atoms with Crippen molar-refractivity contribution in [3.63, 3.8) is 0 Å². The highest BCUT2D eigenvalue weighted by Gasteiger charge is 2.39. The number of aryl methyl sites for hydroxylation is 1. The van der Waals surface area contributed by atoms with Crippen LogP contribution in [-0.4, -0.2) is 46.8 Å². The van der Waals surface area contributed by atoms with Gasteiger partial charge >= 0.3 is 0 Å². The van der Waals surface area contributed by atoms with Crippen LogP contribution in [0.3, 0.4) is 0 Å². The zero-order valence-electron chi connectivity index (χ0n) is 18.8. The normalized spacial score (nSPS) is 19.8. The number of carbonyl (C=O) groups excluding carboxylic acids is 2. The van der Waals surface area contributed by atoms with Crippen LogP contribution in [0.25, 0.3) is 0 Å². The molecular weight excluding hydrogens is 412 g/mol. The molecule has 0 spiro atoms. The van der Waals surface area contributed by atoms with Gasteiger partial charge in [0.05, 0.1) is 12.6 Å². The van der Waals surface area contributed by atoms with E-state index in [1.54, 1.807) is 4.90 Å². The van der Waals surface area contributed by atoms with Gasteiger partial charge in [-0.25, -0.2) is 0 Å². The number of benzene rings is 3. The highest BCUT2D eigenvalue weighted by molar-refractivity contribution is 5.89. The van der Waals surface area contributed by atoms with Crippen molar-refractivity contribution in [2.24, 2.45) is 0 Å². The van der Waals surface area contributed by atoms with E-state index in [2.05, 4.69) is 43.3 Å². The van der Waals surface area contributed by atoms with Gasteiger partial charge in [0.15, 0.2) is 6.10 Å². The maximum Gasteiger partial charge on any atom is 0.264 e. The second-order valence-electron chi connectivity index (χ2n) is 8.99. The molecule has 2 amide bonds. The molecule has 1 unspecified atom stereocenters. The van der Waals surface area contributed by atoms with Crippen molar-refractivity contribution >= 4 is 11.8 Å². The molecule has 168 valence electrons. The van der Waals surface area contributed by atoms with Gasteiger partial charge in [-0.1, -0.05) is 78.4 Å². The minimum atomic E-state index is -0.559. The lowest BCUT2D eigenvalue weighted by molar-refractivity contribution is -0.152. The summed E-state index contributed by atoms with van der Waals surface area (Å²) in [5, 5.41) is 0. The average molecular weight is 441 g/mol. The Labute approximate surface area is 194 Å². The van der Waals surface area contributed by atoms with Crippen LogP contribution in [0.2, 0.25) is 0 Å². The Bertz CT molecular complexity index is 1120. The number of nitrogens with zero attached hydrogens (tertiary/aromatic N) is 2. The van der Waals surface area contributed by atoms with E-state index in [1.807, 2.05) is 47.4 Å². The van der Waals surface area contributed by atoms with Gasteiger partial charge in [-0.05, 0) is 36.1 Å². The van der Waals surface area contributed by atoms with Gasteiger partial charge in [0.25, 0.3) is 5.91 Å². The van der Waals surface area contributed by atoms with E-state index in [-0.39, 0.29) is 24.4 Å². The fraction of sp³-hybridized carbons (Fsp3) is 0.286. The van der Waals surface area contributed by atoms with Crippen LogP contribution in [0.4, 0.5) is 0 Å². The van der Waals surface area contributed by atoms with Crippen LogP contribution in [0, 0.1) is 6.92 Å².